The van der Waals surface area contributed by atoms with Gasteiger partial charge in [0.1, 0.15) is 0 Å². The predicted octanol–water partition coefficient (Wildman–Crippen LogP) is 8.93. The van der Waals surface area contributed by atoms with Crippen LogP contribution in [0.1, 0.15) is 126 Å². The number of rotatable bonds is 6. The van der Waals surface area contributed by atoms with Gasteiger partial charge in [-0.15, -0.1) is 0 Å². The second-order valence-corrected chi connectivity index (χ2v) is 18.1. The number of benzene rings is 1. The van der Waals surface area contributed by atoms with E-state index < -0.39 is 5.41 Å². The number of carbonyl (C=O) groups is 3. The Labute approximate surface area is 288 Å². The fourth-order valence-electron chi connectivity index (χ4n) is 11.8. The van der Waals surface area contributed by atoms with E-state index in [1.165, 1.54) is 18.6 Å². The normalized spacial score (nSPS) is 41.7. The molecule has 4 saturated carbocycles. The molecule has 0 aliphatic heterocycles. The Kier molecular flexibility index (Phi) is 8.54. The Morgan fingerprint density at radius 2 is 1.65 bits per heavy atom. The number of ketones is 2. The molecule has 48 heavy (non-hydrogen) atoms. The maximum absolute atomic E-state index is 14.6. The number of aliphatic hydroxyl groups is 1. The average molecular weight is 659 g/mol. The molecule has 5 aliphatic rings. The summed E-state index contributed by atoms with van der Waals surface area (Å²) < 4.78 is 12.0. The average Bonchev–Trinajstić information content (AvgIpc) is 3.01. The molecule has 0 radical (unpaired) electrons. The van der Waals surface area contributed by atoms with E-state index in [0.717, 1.165) is 56.9 Å². The van der Waals surface area contributed by atoms with Crippen molar-refractivity contribution < 1.29 is 29.0 Å². The smallest absolute Gasteiger partial charge is 0.317 e. The van der Waals surface area contributed by atoms with Gasteiger partial charge in [0.05, 0.1) is 18.1 Å². The number of aliphatic hydroxyl groups excluding tert-OH is 1. The Morgan fingerprint density at radius 1 is 0.938 bits per heavy atom. The molecule has 1 N–H and O–H groups in total. The summed E-state index contributed by atoms with van der Waals surface area (Å²) in [5.74, 6) is 1.18. The third-order valence-corrected chi connectivity index (χ3v) is 15.0. The molecule has 0 bridgehead atoms. The van der Waals surface area contributed by atoms with E-state index in [2.05, 4.69) is 47.6 Å². The molecule has 9 atom stereocenters. The molecule has 5 aliphatic carbocycles. The van der Waals surface area contributed by atoms with Crippen LogP contribution in [-0.4, -0.2) is 35.4 Å². The Balaban J connectivity index is 1.32. The zero-order valence-corrected chi connectivity index (χ0v) is 30.8. The quantitative estimate of drug-likeness (QED) is 0.187. The summed E-state index contributed by atoms with van der Waals surface area (Å²) in [5.41, 5.74) is 0.680. The number of hydrogen-bond donors (Lipinski definition) is 1. The fraction of sp³-hybridized carbons (Fsp3) is 0.690. The molecule has 4 fully saturated rings. The van der Waals surface area contributed by atoms with E-state index in [9.17, 15) is 19.5 Å². The van der Waals surface area contributed by atoms with Crippen molar-refractivity contribution in [2.24, 2.45) is 50.2 Å². The van der Waals surface area contributed by atoms with Gasteiger partial charge in [-0.05, 0) is 147 Å². The van der Waals surface area contributed by atoms with Crippen molar-refractivity contribution in [1.82, 2.24) is 0 Å². The SMILES string of the molecule is CCOc1cc(/C=C/C(C)=O)ccc1OC(=O)[C@@]1(C)CC[C@]2(C)CC[C@]3(C)C(=CC(=O)[C@@H]4[C@@]5(C)CC[C@H](O)C(C)(C)[C@@H]5CC[C@]43C)[C@@H]2C1. The zero-order chi connectivity index (χ0) is 35.1. The fourth-order valence-corrected chi connectivity index (χ4v) is 11.8. The van der Waals surface area contributed by atoms with Gasteiger partial charge in [0.25, 0.3) is 0 Å². The van der Waals surface area contributed by atoms with Crippen molar-refractivity contribution >= 4 is 23.6 Å². The minimum atomic E-state index is -0.714. The first-order valence-corrected chi connectivity index (χ1v) is 18.5. The van der Waals surface area contributed by atoms with E-state index in [4.69, 9.17) is 9.47 Å². The van der Waals surface area contributed by atoms with Crippen molar-refractivity contribution in [3.8, 4) is 11.5 Å². The van der Waals surface area contributed by atoms with Crippen molar-refractivity contribution in [2.45, 2.75) is 126 Å². The molecule has 0 amide bonds. The standard InChI is InChI=1S/C42H58O6/c1-10-47-32-23-27(12-11-26(2)43)13-14-31(32)48-36(46)39(6)20-19-38(5)21-22-41(8)28(29(38)25-39)24-30(44)35-40(7)17-16-34(45)37(3,4)33(40)15-18-42(35,41)9/h11-14,23-24,29,33-35,45H,10,15-22,25H2,1-9H3/b12-11+/t29-,33-,34-,35+,38+,39-,40-,41+,42+/m0/s1. The van der Waals surface area contributed by atoms with Gasteiger partial charge < -0.3 is 14.6 Å². The van der Waals surface area contributed by atoms with Crippen molar-refractivity contribution in [1.29, 1.82) is 0 Å². The molecule has 6 rings (SSSR count). The van der Waals surface area contributed by atoms with Crippen molar-refractivity contribution in [2.75, 3.05) is 6.61 Å². The van der Waals surface area contributed by atoms with Crippen LogP contribution in [0.4, 0.5) is 0 Å². The maximum atomic E-state index is 14.6. The highest BCUT2D eigenvalue weighted by Gasteiger charge is 2.70. The molecule has 0 spiro atoms. The summed E-state index contributed by atoms with van der Waals surface area (Å²) in [5, 5.41) is 11.0. The first-order valence-electron chi connectivity index (χ1n) is 18.5. The van der Waals surface area contributed by atoms with Crippen LogP contribution in [-0.2, 0) is 14.4 Å². The molecule has 0 unspecified atom stereocenters. The Bertz CT molecular complexity index is 1570. The first-order chi connectivity index (χ1) is 22.3. The van der Waals surface area contributed by atoms with Gasteiger partial charge in [-0.3, -0.25) is 14.4 Å². The Hall–Kier alpha value is -2.73. The number of ether oxygens (including phenoxy) is 2. The number of carbonyl (C=O) groups excluding carboxylic acids is 3. The van der Waals surface area contributed by atoms with E-state index in [1.807, 2.05) is 19.9 Å². The summed E-state index contributed by atoms with van der Waals surface area (Å²) >= 11 is 0. The van der Waals surface area contributed by atoms with E-state index in [-0.39, 0.29) is 62.6 Å². The highest BCUT2D eigenvalue weighted by molar-refractivity contribution is 5.96. The van der Waals surface area contributed by atoms with Crippen LogP contribution in [0.2, 0.25) is 0 Å². The van der Waals surface area contributed by atoms with Crippen molar-refractivity contribution in [3.63, 3.8) is 0 Å². The molecular weight excluding hydrogens is 600 g/mol. The molecule has 6 nitrogen and oxygen atoms in total. The molecule has 6 heteroatoms. The van der Waals surface area contributed by atoms with Crippen LogP contribution in [0.5, 0.6) is 11.5 Å². The summed E-state index contributed by atoms with van der Waals surface area (Å²) in [6.07, 6.45) is 13.0. The molecule has 1 aromatic rings. The van der Waals surface area contributed by atoms with Crippen LogP contribution < -0.4 is 9.47 Å². The lowest BCUT2D eigenvalue weighted by Crippen LogP contribution is -2.66. The van der Waals surface area contributed by atoms with E-state index in [1.54, 1.807) is 18.2 Å². The van der Waals surface area contributed by atoms with Crippen LogP contribution in [0, 0.1) is 50.2 Å². The van der Waals surface area contributed by atoms with Gasteiger partial charge in [0, 0.05) is 5.92 Å². The predicted molar refractivity (Wildman–Crippen MR) is 188 cm³/mol. The monoisotopic (exact) mass is 658 g/mol. The number of allylic oxidation sites excluding steroid dienone is 3. The van der Waals surface area contributed by atoms with Crippen LogP contribution in [0.3, 0.4) is 0 Å². The topological polar surface area (TPSA) is 89.9 Å². The Morgan fingerprint density at radius 3 is 2.33 bits per heavy atom. The molecule has 1 aromatic carbocycles. The van der Waals surface area contributed by atoms with Gasteiger partial charge in [0.15, 0.2) is 23.1 Å². The summed E-state index contributed by atoms with van der Waals surface area (Å²) in [6, 6.07) is 5.39. The molecule has 0 heterocycles. The second-order valence-electron chi connectivity index (χ2n) is 18.1. The zero-order valence-electron chi connectivity index (χ0n) is 30.8. The number of esters is 1. The highest BCUT2D eigenvalue weighted by Crippen LogP contribution is 2.75. The molecule has 0 saturated heterocycles. The number of hydrogen-bond acceptors (Lipinski definition) is 6. The lowest BCUT2D eigenvalue weighted by molar-refractivity contribution is -0.202. The third-order valence-electron chi connectivity index (χ3n) is 15.0. The third kappa shape index (κ3) is 5.17. The minimum Gasteiger partial charge on any atom is -0.490 e. The molecule has 0 aromatic heterocycles. The summed E-state index contributed by atoms with van der Waals surface area (Å²) in [7, 11) is 0. The largest absolute Gasteiger partial charge is 0.490 e. The minimum absolute atomic E-state index is 0.0217. The van der Waals surface area contributed by atoms with E-state index >= 15 is 0 Å². The maximum Gasteiger partial charge on any atom is 0.317 e. The highest BCUT2D eigenvalue weighted by atomic mass is 16.6. The lowest BCUT2D eigenvalue weighted by atomic mass is 9.33. The van der Waals surface area contributed by atoms with Crippen molar-refractivity contribution in [3.05, 3.63) is 41.5 Å². The first kappa shape index (κ1) is 35.1. The molecular formula is C42H58O6. The lowest BCUT2D eigenvalue weighted by Gasteiger charge is -2.70. The summed E-state index contributed by atoms with van der Waals surface area (Å²) in [4.78, 5) is 40.3. The number of fused-ring (bicyclic) bond motifs is 7. The van der Waals surface area contributed by atoms with Crippen LogP contribution in [0.15, 0.2) is 35.9 Å². The van der Waals surface area contributed by atoms with E-state index in [0.29, 0.717) is 30.4 Å². The van der Waals surface area contributed by atoms with Gasteiger partial charge in [-0.25, -0.2) is 0 Å². The van der Waals surface area contributed by atoms with Crippen LogP contribution >= 0.6 is 0 Å². The second kappa shape index (κ2) is 11.7. The van der Waals surface area contributed by atoms with Gasteiger partial charge >= 0.3 is 5.97 Å². The van der Waals surface area contributed by atoms with Crippen LogP contribution in [0.25, 0.3) is 6.08 Å². The molecule has 262 valence electrons. The summed E-state index contributed by atoms with van der Waals surface area (Å²) in [6.45, 7) is 19.9. The van der Waals surface area contributed by atoms with Gasteiger partial charge in [0.2, 0.25) is 0 Å². The van der Waals surface area contributed by atoms with Gasteiger partial charge in [-0.1, -0.05) is 59.3 Å². The van der Waals surface area contributed by atoms with Gasteiger partial charge in [-0.2, -0.15) is 0 Å².